The number of aliphatic hydroxyl groups is 1. The first-order valence-corrected chi connectivity index (χ1v) is 5.88. The SMILES string of the molecule is CCNC(C)CCSCCCO. The van der Waals surface area contributed by atoms with Gasteiger partial charge in [-0.1, -0.05) is 6.92 Å². The maximum atomic E-state index is 8.53. The first-order valence-electron chi connectivity index (χ1n) is 4.73. The lowest BCUT2D eigenvalue weighted by atomic mass is 10.3. The molecule has 0 rings (SSSR count). The summed E-state index contributed by atoms with van der Waals surface area (Å²) in [4.78, 5) is 0. The smallest absolute Gasteiger partial charge is 0.0438 e. The Hall–Kier alpha value is 0.270. The average Bonchev–Trinajstić information content (AvgIpc) is 2.05. The van der Waals surface area contributed by atoms with Crippen LogP contribution < -0.4 is 5.32 Å². The molecule has 0 amide bonds. The third-order valence-corrected chi connectivity index (χ3v) is 2.80. The van der Waals surface area contributed by atoms with E-state index in [1.54, 1.807) is 0 Å². The summed E-state index contributed by atoms with van der Waals surface area (Å²) < 4.78 is 0. The molecule has 0 aliphatic rings. The molecule has 0 aromatic heterocycles. The molecular weight excluding hydrogens is 170 g/mol. The van der Waals surface area contributed by atoms with Crippen molar-refractivity contribution in [2.24, 2.45) is 0 Å². The van der Waals surface area contributed by atoms with Crippen molar-refractivity contribution in [3.63, 3.8) is 0 Å². The molecule has 0 aliphatic carbocycles. The fourth-order valence-electron chi connectivity index (χ4n) is 0.979. The van der Waals surface area contributed by atoms with Crippen molar-refractivity contribution in [2.45, 2.75) is 32.7 Å². The number of aliphatic hydroxyl groups excluding tert-OH is 1. The highest BCUT2D eigenvalue weighted by molar-refractivity contribution is 7.99. The second-order valence-corrected chi connectivity index (χ2v) is 4.16. The molecule has 2 N–H and O–H groups in total. The first kappa shape index (κ1) is 12.3. The Labute approximate surface area is 80.1 Å². The number of thioether (sulfide) groups is 1. The van der Waals surface area contributed by atoms with Gasteiger partial charge in [0.2, 0.25) is 0 Å². The molecule has 0 saturated heterocycles. The van der Waals surface area contributed by atoms with Gasteiger partial charge < -0.3 is 10.4 Å². The van der Waals surface area contributed by atoms with E-state index < -0.39 is 0 Å². The fourth-order valence-corrected chi connectivity index (χ4v) is 2.04. The van der Waals surface area contributed by atoms with Crippen molar-refractivity contribution >= 4 is 11.8 Å². The average molecular weight is 191 g/mol. The molecule has 0 bridgehead atoms. The molecule has 0 spiro atoms. The van der Waals surface area contributed by atoms with Gasteiger partial charge in [0.1, 0.15) is 0 Å². The molecule has 1 unspecified atom stereocenters. The third kappa shape index (κ3) is 8.37. The molecule has 0 heterocycles. The Bertz CT molecular complexity index is 90.6. The van der Waals surface area contributed by atoms with Crippen molar-refractivity contribution in [3.05, 3.63) is 0 Å². The molecule has 0 aromatic rings. The van der Waals surface area contributed by atoms with Crippen LogP contribution in [-0.2, 0) is 0 Å². The minimum absolute atomic E-state index is 0.329. The molecule has 3 heteroatoms. The van der Waals surface area contributed by atoms with Gasteiger partial charge in [-0.2, -0.15) is 11.8 Å². The second-order valence-electron chi connectivity index (χ2n) is 2.94. The molecule has 74 valence electrons. The summed E-state index contributed by atoms with van der Waals surface area (Å²) in [6.07, 6.45) is 2.16. The van der Waals surface area contributed by atoms with Crippen molar-refractivity contribution in [1.29, 1.82) is 0 Å². The molecule has 12 heavy (non-hydrogen) atoms. The van der Waals surface area contributed by atoms with Crippen LogP contribution in [0.1, 0.15) is 26.7 Å². The van der Waals surface area contributed by atoms with Gasteiger partial charge in [0, 0.05) is 12.6 Å². The summed E-state index contributed by atoms with van der Waals surface area (Å²) in [6.45, 7) is 5.74. The van der Waals surface area contributed by atoms with Gasteiger partial charge in [-0.3, -0.25) is 0 Å². The summed E-state index contributed by atoms with van der Waals surface area (Å²) in [5, 5.41) is 11.9. The Balaban J connectivity index is 2.97. The van der Waals surface area contributed by atoms with E-state index in [9.17, 15) is 0 Å². The van der Waals surface area contributed by atoms with Gasteiger partial charge >= 0.3 is 0 Å². The van der Waals surface area contributed by atoms with E-state index in [0.717, 1.165) is 18.7 Å². The molecule has 0 aliphatic heterocycles. The lowest BCUT2D eigenvalue weighted by Crippen LogP contribution is -2.25. The van der Waals surface area contributed by atoms with Crippen LogP contribution in [0.5, 0.6) is 0 Å². The molecule has 1 atom stereocenters. The third-order valence-electron chi connectivity index (χ3n) is 1.69. The highest BCUT2D eigenvalue weighted by atomic mass is 32.2. The Morgan fingerprint density at radius 2 is 2.17 bits per heavy atom. The van der Waals surface area contributed by atoms with E-state index in [0.29, 0.717) is 12.6 Å². The van der Waals surface area contributed by atoms with Crippen LogP contribution in [0.4, 0.5) is 0 Å². The molecule has 0 saturated carbocycles. The van der Waals surface area contributed by atoms with E-state index in [1.807, 2.05) is 11.8 Å². The van der Waals surface area contributed by atoms with Crippen molar-refractivity contribution in [1.82, 2.24) is 5.32 Å². The lowest BCUT2D eigenvalue weighted by Gasteiger charge is -2.10. The zero-order chi connectivity index (χ0) is 9.23. The topological polar surface area (TPSA) is 32.3 Å². The van der Waals surface area contributed by atoms with E-state index in [2.05, 4.69) is 19.2 Å². The van der Waals surface area contributed by atoms with Gasteiger partial charge in [-0.05, 0) is 37.8 Å². The van der Waals surface area contributed by atoms with Gasteiger partial charge in [-0.15, -0.1) is 0 Å². The van der Waals surface area contributed by atoms with Gasteiger partial charge in [0.15, 0.2) is 0 Å². The molecule has 2 nitrogen and oxygen atoms in total. The van der Waals surface area contributed by atoms with Crippen LogP contribution in [0, 0.1) is 0 Å². The number of hydrogen-bond donors (Lipinski definition) is 2. The van der Waals surface area contributed by atoms with Crippen molar-refractivity contribution in [2.75, 3.05) is 24.7 Å². The van der Waals surface area contributed by atoms with Crippen LogP contribution in [0.3, 0.4) is 0 Å². The predicted octanol–water partition coefficient (Wildman–Crippen LogP) is 1.49. The highest BCUT2D eigenvalue weighted by Crippen LogP contribution is 2.05. The van der Waals surface area contributed by atoms with E-state index in [-0.39, 0.29) is 0 Å². The Kier molecular flexibility index (Phi) is 9.57. The minimum atomic E-state index is 0.329. The Morgan fingerprint density at radius 3 is 2.75 bits per heavy atom. The zero-order valence-electron chi connectivity index (χ0n) is 8.18. The summed E-state index contributed by atoms with van der Waals surface area (Å²) in [5.41, 5.74) is 0. The van der Waals surface area contributed by atoms with Gasteiger partial charge in [-0.25, -0.2) is 0 Å². The normalized spacial score (nSPS) is 13.2. The molecular formula is C9H21NOS. The lowest BCUT2D eigenvalue weighted by molar-refractivity contribution is 0.296. The van der Waals surface area contributed by atoms with Crippen molar-refractivity contribution in [3.8, 4) is 0 Å². The maximum Gasteiger partial charge on any atom is 0.0438 e. The molecule has 0 fully saturated rings. The number of nitrogens with one attached hydrogen (secondary N) is 1. The van der Waals surface area contributed by atoms with E-state index in [1.165, 1.54) is 12.2 Å². The Morgan fingerprint density at radius 1 is 1.42 bits per heavy atom. The van der Waals surface area contributed by atoms with Crippen LogP contribution >= 0.6 is 11.8 Å². The van der Waals surface area contributed by atoms with Crippen LogP contribution in [0.15, 0.2) is 0 Å². The minimum Gasteiger partial charge on any atom is -0.396 e. The van der Waals surface area contributed by atoms with E-state index >= 15 is 0 Å². The van der Waals surface area contributed by atoms with Crippen LogP contribution in [0.25, 0.3) is 0 Å². The van der Waals surface area contributed by atoms with Gasteiger partial charge in [0.25, 0.3) is 0 Å². The van der Waals surface area contributed by atoms with Crippen LogP contribution in [0.2, 0.25) is 0 Å². The van der Waals surface area contributed by atoms with Gasteiger partial charge in [0.05, 0.1) is 0 Å². The summed E-state index contributed by atoms with van der Waals surface area (Å²) >= 11 is 1.93. The van der Waals surface area contributed by atoms with Crippen LogP contribution in [-0.4, -0.2) is 35.8 Å². The highest BCUT2D eigenvalue weighted by Gasteiger charge is 1.98. The summed E-state index contributed by atoms with van der Waals surface area (Å²) in [6, 6.07) is 0.636. The maximum absolute atomic E-state index is 8.53. The quantitative estimate of drug-likeness (QED) is 0.570. The fraction of sp³-hybridized carbons (Fsp3) is 1.00. The molecule has 0 radical (unpaired) electrons. The second kappa shape index (κ2) is 9.36. The largest absolute Gasteiger partial charge is 0.396 e. The monoisotopic (exact) mass is 191 g/mol. The van der Waals surface area contributed by atoms with E-state index in [4.69, 9.17) is 5.11 Å². The predicted molar refractivity (Wildman–Crippen MR) is 56.8 cm³/mol. The summed E-state index contributed by atoms with van der Waals surface area (Å²) in [7, 11) is 0. The summed E-state index contributed by atoms with van der Waals surface area (Å²) in [5.74, 6) is 2.30. The first-order chi connectivity index (χ1) is 5.81. The number of hydrogen-bond acceptors (Lipinski definition) is 3. The van der Waals surface area contributed by atoms with Crippen molar-refractivity contribution < 1.29 is 5.11 Å². The standard InChI is InChI=1S/C9H21NOS/c1-3-10-9(2)5-8-12-7-4-6-11/h9-11H,3-8H2,1-2H3. The zero-order valence-corrected chi connectivity index (χ0v) is 8.99. The molecule has 0 aromatic carbocycles. The number of rotatable bonds is 8.